The second kappa shape index (κ2) is 7.40. The van der Waals surface area contributed by atoms with Crippen molar-refractivity contribution in [1.82, 2.24) is 9.78 Å². The molecule has 6 nitrogen and oxygen atoms in total. The average Bonchev–Trinajstić information content (AvgIpc) is 3.07. The second-order valence-corrected chi connectivity index (χ2v) is 6.87. The molecule has 0 saturated carbocycles. The Bertz CT molecular complexity index is 1080. The van der Waals surface area contributed by atoms with Crippen molar-refractivity contribution in [1.29, 1.82) is 0 Å². The van der Waals surface area contributed by atoms with Crippen molar-refractivity contribution in [3.05, 3.63) is 82.3 Å². The van der Waals surface area contributed by atoms with Gasteiger partial charge in [0.2, 0.25) is 5.91 Å². The fourth-order valence-electron chi connectivity index (χ4n) is 3.36. The van der Waals surface area contributed by atoms with Crippen molar-refractivity contribution in [3.63, 3.8) is 0 Å². The number of rotatable bonds is 4. The maximum atomic E-state index is 12.9. The Kier molecular flexibility index (Phi) is 4.79. The first kappa shape index (κ1) is 18.1. The summed E-state index contributed by atoms with van der Waals surface area (Å²) in [7, 11) is 0. The van der Waals surface area contributed by atoms with Crippen LogP contribution in [0.15, 0.2) is 65.5 Å². The summed E-state index contributed by atoms with van der Waals surface area (Å²) < 4.78 is 6.75. The molecule has 0 radical (unpaired) electrons. The number of benzene rings is 2. The number of para-hydroxylation sites is 1. The van der Waals surface area contributed by atoms with Crippen LogP contribution in [0.4, 0.5) is 5.69 Å². The highest BCUT2D eigenvalue weighted by Crippen LogP contribution is 2.29. The predicted molar refractivity (Wildman–Crippen MR) is 107 cm³/mol. The first-order chi connectivity index (χ1) is 13.5. The zero-order chi connectivity index (χ0) is 19.7. The minimum Gasteiger partial charge on any atom is -0.367 e. The van der Waals surface area contributed by atoms with E-state index in [0.717, 1.165) is 16.7 Å². The van der Waals surface area contributed by atoms with Gasteiger partial charge in [-0.05, 0) is 25.5 Å². The Morgan fingerprint density at radius 2 is 1.89 bits per heavy atom. The van der Waals surface area contributed by atoms with Gasteiger partial charge in [-0.15, -0.1) is 0 Å². The Hall–Kier alpha value is -3.25. The molecule has 0 fully saturated rings. The number of hydrogen-bond donors (Lipinski definition) is 1. The lowest BCUT2D eigenvalue weighted by molar-refractivity contribution is -0.119. The van der Waals surface area contributed by atoms with Crippen LogP contribution >= 0.6 is 0 Å². The highest BCUT2D eigenvalue weighted by Gasteiger charge is 2.26. The molecule has 0 aliphatic carbocycles. The van der Waals surface area contributed by atoms with E-state index in [9.17, 15) is 9.59 Å². The van der Waals surface area contributed by atoms with Crippen LogP contribution in [0.25, 0.3) is 11.1 Å². The number of anilines is 1. The Morgan fingerprint density at radius 3 is 2.68 bits per heavy atom. The van der Waals surface area contributed by atoms with E-state index < -0.39 is 6.04 Å². The lowest BCUT2D eigenvalue weighted by Crippen LogP contribution is -2.34. The Morgan fingerprint density at radius 1 is 1.18 bits per heavy atom. The summed E-state index contributed by atoms with van der Waals surface area (Å²) in [6, 6.07) is 18.2. The van der Waals surface area contributed by atoms with E-state index >= 15 is 0 Å². The summed E-state index contributed by atoms with van der Waals surface area (Å²) in [5.74, 6) is -0.301. The summed E-state index contributed by atoms with van der Waals surface area (Å²) in [5.41, 5.74) is 3.80. The maximum absolute atomic E-state index is 12.9. The van der Waals surface area contributed by atoms with Crippen LogP contribution in [0, 0.1) is 0 Å². The first-order valence-electron chi connectivity index (χ1n) is 9.24. The second-order valence-electron chi connectivity index (χ2n) is 6.87. The molecule has 3 aromatic rings. The minimum absolute atomic E-state index is 0.184. The third kappa shape index (κ3) is 3.34. The monoisotopic (exact) mass is 375 g/mol. The zero-order valence-corrected chi connectivity index (χ0v) is 15.8. The van der Waals surface area contributed by atoms with Gasteiger partial charge in [-0.25, -0.2) is 4.68 Å². The van der Waals surface area contributed by atoms with Crippen molar-refractivity contribution < 1.29 is 9.53 Å². The molecule has 2 aromatic carbocycles. The Labute approximate surface area is 162 Å². The zero-order valence-electron chi connectivity index (χ0n) is 15.8. The molecule has 0 bridgehead atoms. The quantitative estimate of drug-likeness (QED) is 0.755. The van der Waals surface area contributed by atoms with Crippen molar-refractivity contribution in [2.75, 3.05) is 5.32 Å². The molecule has 1 amide bonds. The highest BCUT2D eigenvalue weighted by molar-refractivity contribution is 5.97. The number of nitrogens with one attached hydrogen (secondary N) is 1. The number of fused-ring (bicyclic) bond motifs is 1. The van der Waals surface area contributed by atoms with Crippen LogP contribution in [0.1, 0.15) is 37.3 Å². The number of ether oxygens (including phenoxy) is 1. The van der Waals surface area contributed by atoms with Gasteiger partial charge in [-0.1, -0.05) is 48.5 Å². The fraction of sp³-hybridized carbons (Fsp3) is 0.227. The van der Waals surface area contributed by atoms with E-state index in [1.807, 2.05) is 61.5 Å². The summed E-state index contributed by atoms with van der Waals surface area (Å²) >= 11 is 0. The van der Waals surface area contributed by atoms with Gasteiger partial charge in [0, 0.05) is 22.9 Å². The number of amides is 1. The molecule has 4 rings (SSSR count). The lowest BCUT2D eigenvalue weighted by Gasteiger charge is -2.17. The predicted octanol–water partition coefficient (Wildman–Crippen LogP) is 3.70. The fourth-order valence-corrected chi connectivity index (χ4v) is 3.36. The summed E-state index contributed by atoms with van der Waals surface area (Å²) in [6.45, 7) is 3.93. The van der Waals surface area contributed by atoms with Gasteiger partial charge in [0.1, 0.15) is 6.04 Å². The van der Waals surface area contributed by atoms with E-state index in [-0.39, 0.29) is 17.6 Å². The molecule has 0 unspecified atom stereocenters. The van der Waals surface area contributed by atoms with Gasteiger partial charge in [0.25, 0.3) is 5.56 Å². The molecule has 142 valence electrons. The first-order valence-corrected chi connectivity index (χ1v) is 9.24. The van der Waals surface area contributed by atoms with Crippen molar-refractivity contribution >= 4 is 11.6 Å². The van der Waals surface area contributed by atoms with Crippen molar-refractivity contribution in [2.45, 2.75) is 32.6 Å². The van der Waals surface area contributed by atoms with E-state index in [2.05, 4.69) is 10.4 Å². The molecule has 1 N–H and O–H groups in total. The third-order valence-corrected chi connectivity index (χ3v) is 4.96. The summed E-state index contributed by atoms with van der Waals surface area (Å²) in [6.07, 6.45) is -0.184. The minimum atomic E-state index is -0.755. The van der Waals surface area contributed by atoms with Crippen molar-refractivity contribution in [2.24, 2.45) is 0 Å². The topological polar surface area (TPSA) is 73.2 Å². The molecule has 2 atom stereocenters. The normalized spacial score (nSPS) is 16.4. The van der Waals surface area contributed by atoms with Gasteiger partial charge in [-0.2, -0.15) is 5.10 Å². The summed E-state index contributed by atoms with van der Waals surface area (Å²) in [4.78, 5) is 25.3. The van der Waals surface area contributed by atoms with Crippen LogP contribution in [0.2, 0.25) is 0 Å². The van der Waals surface area contributed by atoms with Crippen LogP contribution < -0.4 is 10.9 Å². The van der Waals surface area contributed by atoms with Gasteiger partial charge in [0.15, 0.2) is 0 Å². The largest absolute Gasteiger partial charge is 0.367 e. The molecule has 28 heavy (non-hydrogen) atoms. The average molecular weight is 375 g/mol. The molecule has 6 heteroatoms. The standard InChI is InChI=1S/C22H21N3O3/c1-14(25-20(26)12-17-13-28-15(2)21(17)24-25)22(27)23-19-11-7-6-10-18(19)16-8-4-3-5-9-16/h3-12,14-15H,13H2,1-2H3,(H,23,27)/t14-,15-/m1/s1. The number of carbonyl (C=O) groups is 1. The molecule has 1 aliphatic rings. The van der Waals surface area contributed by atoms with Gasteiger partial charge < -0.3 is 10.1 Å². The third-order valence-electron chi connectivity index (χ3n) is 4.96. The molecule has 1 aromatic heterocycles. The highest BCUT2D eigenvalue weighted by atomic mass is 16.5. The number of carbonyl (C=O) groups excluding carboxylic acids is 1. The maximum Gasteiger partial charge on any atom is 0.267 e. The van der Waals surface area contributed by atoms with E-state index in [0.29, 0.717) is 18.0 Å². The number of aromatic nitrogens is 2. The molecular weight excluding hydrogens is 354 g/mol. The molecule has 0 spiro atoms. The van der Waals surface area contributed by atoms with Gasteiger partial charge >= 0.3 is 0 Å². The van der Waals surface area contributed by atoms with Gasteiger partial charge in [-0.3, -0.25) is 9.59 Å². The molecule has 0 saturated heterocycles. The van der Waals surface area contributed by atoms with E-state index in [1.165, 1.54) is 10.7 Å². The van der Waals surface area contributed by atoms with Crippen LogP contribution in [0.3, 0.4) is 0 Å². The number of nitrogens with zero attached hydrogens (tertiary/aromatic N) is 2. The van der Waals surface area contributed by atoms with Crippen LogP contribution in [0.5, 0.6) is 0 Å². The Balaban J connectivity index is 1.62. The van der Waals surface area contributed by atoms with E-state index in [1.54, 1.807) is 6.92 Å². The molecule has 1 aliphatic heterocycles. The van der Waals surface area contributed by atoms with Gasteiger partial charge in [0.05, 0.1) is 18.4 Å². The number of hydrogen-bond acceptors (Lipinski definition) is 4. The SMILES string of the molecule is C[C@H](C(=O)Nc1ccccc1-c1ccccc1)n1nc2c(cc1=O)CO[C@@H]2C. The van der Waals surface area contributed by atoms with Crippen LogP contribution in [-0.4, -0.2) is 15.7 Å². The van der Waals surface area contributed by atoms with Crippen LogP contribution in [-0.2, 0) is 16.1 Å². The summed E-state index contributed by atoms with van der Waals surface area (Å²) in [5, 5.41) is 7.34. The smallest absolute Gasteiger partial charge is 0.267 e. The molecular formula is C22H21N3O3. The lowest BCUT2D eigenvalue weighted by atomic mass is 10.0. The van der Waals surface area contributed by atoms with Crippen molar-refractivity contribution in [3.8, 4) is 11.1 Å². The van der Waals surface area contributed by atoms with E-state index in [4.69, 9.17) is 4.74 Å². The molecule has 2 heterocycles.